The van der Waals surface area contributed by atoms with Gasteiger partial charge in [-0.1, -0.05) is 12.1 Å². The van der Waals surface area contributed by atoms with Crippen molar-refractivity contribution >= 4 is 27.7 Å². The van der Waals surface area contributed by atoms with Crippen molar-refractivity contribution in [1.29, 1.82) is 0 Å². The molecule has 1 aliphatic carbocycles. The highest BCUT2D eigenvalue weighted by Crippen LogP contribution is 2.34. The molecule has 22 heavy (non-hydrogen) atoms. The largest absolute Gasteiger partial charge is 0.339 e. The zero-order valence-corrected chi connectivity index (χ0v) is 13.9. The Morgan fingerprint density at radius 3 is 2.41 bits per heavy atom. The first-order valence-corrected chi connectivity index (χ1v) is 9.18. The minimum atomic E-state index is -3.27. The lowest BCUT2D eigenvalue weighted by atomic mass is 10.1. The standard InChI is InChI=1S/C16H22N2O3S/c1-12(14-7-8-14)18(2)16(19)11-6-13-4-9-15(10-5-13)17-22(3,20)21/h4-6,9-12,14,17H,7-8H2,1-3H3/b11-6+. The van der Waals surface area contributed by atoms with Crippen LogP contribution in [0.15, 0.2) is 30.3 Å². The average molecular weight is 322 g/mol. The Morgan fingerprint density at radius 2 is 1.91 bits per heavy atom. The minimum absolute atomic E-state index is 0.0160. The summed E-state index contributed by atoms with van der Waals surface area (Å²) in [6.45, 7) is 2.08. The van der Waals surface area contributed by atoms with E-state index in [0.717, 1.165) is 11.8 Å². The van der Waals surface area contributed by atoms with E-state index in [2.05, 4.69) is 11.6 Å². The Bertz CT molecular complexity index is 661. The highest BCUT2D eigenvalue weighted by Gasteiger charge is 2.31. The van der Waals surface area contributed by atoms with E-state index in [9.17, 15) is 13.2 Å². The van der Waals surface area contributed by atoms with Crippen LogP contribution in [0, 0.1) is 5.92 Å². The number of amides is 1. The Kier molecular flexibility index (Phi) is 4.90. The molecule has 0 saturated heterocycles. The molecule has 1 fully saturated rings. The van der Waals surface area contributed by atoms with Gasteiger partial charge in [0.2, 0.25) is 15.9 Å². The van der Waals surface area contributed by atoms with Gasteiger partial charge in [-0.2, -0.15) is 0 Å². The van der Waals surface area contributed by atoms with Gasteiger partial charge in [0, 0.05) is 24.9 Å². The second-order valence-electron chi connectivity index (χ2n) is 5.86. The summed E-state index contributed by atoms with van der Waals surface area (Å²) in [4.78, 5) is 13.9. The first-order valence-electron chi connectivity index (χ1n) is 7.29. The Labute approximate surface area is 132 Å². The summed E-state index contributed by atoms with van der Waals surface area (Å²) < 4.78 is 24.6. The van der Waals surface area contributed by atoms with Crippen molar-refractivity contribution < 1.29 is 13.2 Å². The smallest absolute Gasteiger partial charge is 0.246 e. The molecule has 1 amide bonds. The maximum absolute atomic E-state index is 12.1. The lowest BCUT2D eigenvalue weighted by Crippen LogP contribution is -2.35. The minimum Gasteiger partial charge on any atom is -0.339 e. The van der Waals surface area contributed by atoms with Crippen molar-refractivity contribution in [1.82, 2.24) is 4.90 Å². The SMILES string of the molecule is CC(C1CC1)N(C)C(=O)/C=C/c1ccc(NS(C)(=O)=O)cc1. The number of sulfonamides is 1. The molecule has 1 N–H and O–H groups in total. The zero-order valence-electron chi connectivity index (χ0n) is 13.1. The summed E-state index contributed by atoms with van der Waals surface area (Å²) in [5.74, 6) is 0.626. The van der Waals surface area contributed by atoms with Crippen LogP contribution in [0.2, 0.25) is 0 Å². The summed E-state index contributed by atoms with van der Waals surface area (Å²) in [7, 11) is -1.44. The molecule has 1 aliphatic rings. The van der Waals surface area contributed by atoms with Gasteiger partial charge < -0.3 is 4.90 Å². The number of hydrogen-bond acceptors (Lipinski definition) is 3. The van der Waals surface area contributed by atoms with Crippen LogP contribution in [0.4, 0.5) is 5.69 Å². The summed E-state index contributed by atoms with van der Waals surface area (Å²) in [6.07, 6.45) is 6.81. The highest BCUT2D eigenvalue weighted by molar-refractivity contribution is 7.92. The molecule has 0 aliphatic heterocycles. The van der Waals surface area contributed by atoms with E-state index in [-0.39, 0.29) is 11.9 Å². The van der Waals surface area contributed by atoms with Gasteiger partial charge in [-0.3, -0.25) is 9.52 Å². The summed E-state index contributed by atoms with van der Waals surface area (Å²) in [5.41, 5.74) is 1.35. The van der Waals surface area contributed by atoms with Crippen molar-refractivity contribution in [2.75, 3.05) is 18.0 Å². The summed E-state index contributed by atoms with van der Waals surface area (Å²) >= 11 is 0. The van der Waals surface area contributed by atoms with Gasteiger partial charge in [0.25, 0.3) is 0 Å². The topological polar surface area (TPSA) is 66.5 Å². The normalized spacial score (nSPS) is 16.5. The number of hydrogen-bond donors (Lipinski definition) is 1. The first kappa shape index (κ1) is 16.5. The van der Waals surface area contributed by atoms with E-state index in [1.165, 1.54) is 12.8 Å². The molecule has 1 atom stereocenters. The molecule has 1 unspecified atom stereocenters. The van der Waals surface area contributed by atoms with Crippen LogP contribution in [-0.2, 0) is 14.8 Å². The summed E-state index contributed by atoms with van der Waals surface area (Å²) in [5, 5.41) is 0. The molecule has 0 heterocycles. The van der Waals surface area contributed by atoms with Crippen LogP contribution in [0.1, 0.15) is 25.3 Å². The Hall–Kier alpha value is -1.82. The van der Waals surface area contributed by atoms with Gasteiger partial charge >= 0.3 is 0 Å². The monoisotopic (exact) mass is 322 g/mol. The predicted octanol–water partition coefficient (Wildman–Crippen LogP) is 2.33. The molecule has 0 spiro atoms. The number of nitrogens with zero attached hydrogens (tertiary/aromatic N) is 1. The maximum atomic E-state index is 12.1. The number of carbonyl (C=O) groups excluding carboxylic acids is 1. The molecule has 1 aromatic rings. The van der Waals surface area contributed by atoms with Crippen molar-refractivity contribution in [3.8, 4) is 0 Å². The van der Waals surface area contributed by atoms with E-state index < -0.39 is 10.0 Å². The van der Waals surface area contributed by atoms with Crippen molar-refractivity contribution in [2.24, 2.45) is 5.92 Å². The van der Waals surface area contributed by atoms with Crippen LogP contribution in [0.5, 0.6) is 0 Å². The van der Waals surface area contributed by atoms with Gasteiger partial charge in [-0.25, -0.2) is 8.42 Å². The van der Waals surface area contributed by atoms with Crippen LogP contribution in [-0.4, -0.2) is 38.6 Å². The molecule has 6 heteroatoms. The van der Waals surface area contributed by atoms with Gasteiger partial charge in [-0.15, -0.1) is 0 Å². The third-order valence-corrected chi connectivity index (χ3v) is 4.50. The fraction of sp³-hybridized carbons (Fsp3) is 0.438. The molecule has 0 radical (unpaired) electrons. The third-order valence-electron chi connectivity index (χ3n) is 3.90. The second kappa shape index (κ2) is 6.52. The number of rotatable bonds is 6. The number of carbonyl (C=O) groups is 1. The van der Waals surface area contributed by atoms with Crippen LogP contribution in [0.3, 0.4) is 0 Å². The van der Waals surface area contributed by atoms with E-state index >= 15 is 0 Å². The van der Waals surface area contributed by atoms with Gasteiger partial charge in [0.05, 0.1) is 6.26 Å². The Balaban J connectivity index is 1.96. The molecular formula is C16H22N2O3S. The predicted molar refractivity (Wildman–Crippen MR) is 88.9 cm³/mol. The van der Waals surface area contributed by atoms with E-state index in [1.807, 2.05) is 7.05 Å². The fourth-order valence-corrected chi connectivity index (χ4v) is 2.82. The van der Waals surface area contributed by atoms with E-state index in [1.54, 1.807) is 41.3 Å². The maximum Gasteiger partial charge on any atom is 0.246 e. The van der Waals surface area contributed by atoms with Crippen molar-refractivity contribution in [3.63, 3.8) is 0 Å². The molecule has 2 rings (SSSR count). The van der Waals surface area contributed by atoms with Crippen LogP contribution >= 0.6 is 0 Å². The molecule has 1 aromatic carbocycles. The quantitative estimate of drug-likeness (QED) is 0.817. The number of likely N-dealkylation sites (N-methyl/N-ethyl adjacent to an activating group) is 1. The number of anilines is 1. The number of nitrogens with one attached hydrogen (secondary N) is 1. The molecule has 0 aromatic heterocycles. The van der Waals surface area contributed by atoms with Gasteiger partial charge in [-0.05, 0) is 49.5 Å². The van der Waals surface area contributed by atoms with Crippen LogP contribution in [0.25, 0.3) is 6.08 Å². The van der Waals surface area contributed by atoms with Crippen LogP contribution < -0.4 is 4.72 Å². The third kappa shape index (κ3) is 4.87. The van der Waals surface area contributed by atoms with Crippen molar-refractivity contribution in [2.45, 2.75) is 25.8 Å². The van der Waals surface area contributed by atoms with Gasteiger partial charge in [0.1, 0.15) is 0 Å². The summed E-state index contributed by atoms with van der Waals surface area (Å²) in [6, 6.07) is 7.14. The van der Waals surface area contributed by atoms with E-state index in [4.69, 9.17) is 0 Å². The molecular weight excluding hydrogens is 300 g/mol. The van der Waals surface area contributed by atoms with Gasteiger partial charge in [0.15, 0.2) is 0 Å². The molecule has 0 bridgehead atoms. The lowest BCUT2D eigenvalue weighted by Gasteiger charge is -2.23. The lowest BCUT2D eigenvalue weighted by molar-refractivity contribution is -0.126. The average Bonchev–Trinajstić information content (AvgIpc) is 3.27. The highest BCUT2D eigenvalue weighted by atomic mass is 32.2. The molecule has 1 saturated carbocycles. The van der Waals surface area contributed by atoms with Crippen molar-refractivity contribution in [3.05, 3.63) is 35.9 Å². The fourth-order valence-electron chi connectivity index (χ4n) is 2.26. The Morgan fingerprint density at radius 1 is 1.32 bits per heavy atom. The van der Waals surface area contributed by atoms with E-state index in [0.29, 0.717) is 11.6 Å². The second-order valence-corrected chi connectivity index (χ2v) is 7.61. The first-order chi connectivity index (χ1) is 10.3. The zero-order chi connectivity index (χ0) is 16.3. The molecule has 120 valence electrons. The molecule has 5 nitrogen and oxygen atoms in total. The number of benzene rings is 1.